The van der Waals surface area contributed by atoms with Gasteiger partial charge in [-0.2, -0.15) is 0 Å². The van der Waals surface area contributed by atoms with E-state index < -0.39 is 0 Å². The quantitative estimate of drug-likeness (QED) is 0.645. The fourth-order valence-corrected chi connectivity index (χ4v) is 1.97. The van der Waals surface area contributed by atoms with E-state index in [2.05, 4.69) is 4.99 Å². The molecule has 0 unspecified atom stereocenters. The highest BCUT2D eigenvalue weighted by atomic mass is 32.1. The largest absolute Gasteiger partial charge is 0.391 e. The van der Waals surface area contributed by atoms with Crippen molar-refractivity contribution in [1.82, 2.24) is 0 Å². The van der Waals surface area contributed by atoms with Crippen molar-refractivity contribution in [3.8, 4) is 0 Å². The molecule has 1 aromatic rings. The maximum atomic E-state index is 8.76. The predicted molar refractivity (Wildman–Crippen MR) is 41.5 cm³/mol. The van der Waals surface area contributed by atoms with Gasteiger partial charge in [0.1, 0.15) is 0 Å². The van der Waals surface area contributed by atoms with E-state index in [1.807, 2.05) is 12.3 Å². The molecular weight excluding hydrogens is 146 g/mol. The van der Waals surface area contributed by atoms with Gasteiger partial charge in [0.25, 0.3) is 0 Å². The van der Waals surface area contributed by atoms with E-state index in [1.54, 1.807) is 11.3 Å². The third-order valence-electron chi connectivity index (χ3n) is 1.52. The Kier molecular flexibility index (Phi) is 1.32. The molecule has 0 radical (unpaired) electrons. The van der Waals surface area contributed by atoms with Crippen LogP contribution in [-0.2, 0) is 13.2 Å². The summed E-state index contributed by atoms with van der Waals surface area (Å²) in [7, 11) is 0. The lowest BCUT2D eigenvalue weighted by molar-refractivity contribution is 0.285. The summed E-state index contributed by atoms with van der Waals surface area (Å²) in [5.41, 5.74) is 1.26. The number of thiophene rings is 1. The highest BCUT2D eigenvalue weighted by molar-refractivity contribution is 7.13. The number of rotatable bonds is 1. The number of hydrogen-bond donors (Lipinski definition) is 1. The summed E-state index contributed by atoms with van der Waals surface area (Å²) in [4.78, 5) is 6.34. The number of aliphatic hydroxyl groups is 1. The zero-order valence-corrected chi connectivity index (χ0v) is 6.19. The molecule has 0 aromatic carbocycles. The molecule has 1 aliphatic rings. The topological polar surface area (TPSA) is 32.6 Å². The van der Waals surface area contributed by atoms with Gasteiger partial charge < -0.3 is 5.11 Å². The van der Waals surface area contributed by atoms with Crippen LogP contribution in [0.25, 0.3) is 0 Å². The normalized spacial score (nSPS) is 14.1. The molecule has 0 bridgehead atoms. The average Bonchev–Trinajstić information content (AvgIpc) is 2.42. The Balaban J connectivity index is 2.45. The fraction of sp³-hybridized carbons (Fsp3) is 0.286. The minimum absolute atomic E-state index is 0.158. The van der Waals surface area contributed by atoms with Gasteiger partial charge in [-0.3, -0.25) is 4.99 Å². The van der Waals surface area contributed by atoms with Crippen molar-refractivity contribution in [3.05, 3.63) is 21.4 Å². The van der Waals surface area contributed by atoms with Gasteiger partial charge in [-0.25, -0.2) is 0 Å². The number of aliphatic imine (C=N–C) groups is 1. The lowest BCUT2D eigenvalue weighted by Crippen LogP contribution is -1.73. The van der Waals surface area contributed by atoms with Gasteiger partial charge in [-0.05, 0) is 11.6 Å². The molecule has 0 spiro atoms. The van der Waals surface area contributed by atoms with E-state index in [0.29, 0.717) is 0 Å². The fourth-order valence-electron chi connectivity index (χ4n) is 1.04. The van der Waals surface area contributed by atoms with Crippen LogP contribution < -0.4 is 0 Å². The van der Waals surface area contributed by atoms with Crippen molar-refractivity contribution in [2.45, 2.75) is 13.2 Å². The van der Waals surface area contributed by atoms with Crippen molar-refractivity contribution in [3.63, 3.8) is 0 Å². The average molecular weight is 153 g/mol. The molecule has 10 heavy (non-hydrogen) atoms. The molecule has 0 saturated carbocycles. The summed E-state index contributed by atoms with van der Waals surface area (Å²) in [5.74, 6) is 0. The molecule has 0 atom stereocenters. The molecular formula is C7H7NOS. The Labute approximate surface area is 62.9 Å². The van der Waals surface area contributed by atoms with Crippen LogP contribution in [0.3, 0.4) is 0 Å². The Morgan fingerprint density at radius 3 is 3.30 bits per heavy atom. The number of hydrogen-bond acceptors (Lipinski definition) is 3. The summed E-state index contributed by atoms with van der Waals surface area (Å²) in [6.07, 6.45) is 1.87. The summed E-state index contributed by atoms with van der Waals surface area (Å²) >= 11 is 1.62. The van der Waals surface area contributed by atoms with Crippen molar-refractivity contribution in [2.24, 2.45) is 4.99 Å². The van der Waals surface area contributed by atoms with Crippen LogP contribution in [0.2, 0.25) is 0 Å². The van der Waals surface area contributed by atoms with Gasteiger partial charge in [-0.15, -0.1) is 11.3 Å². The summed E-state index contributed by atoms with van der Waals surface area (Å²) in [6.45, 7) is 0.956. The first-order valence-corrected chi connectivity index (χ1v) is 3.94. The molecule has 0 saturated heterocycles. The third-order valence-corrected chi connectivity index (χ3v) is 2.62. The minimum atomic E-state index is 0.158. The van der Waals surface area contributed by atoms with Crippen molar-refractivity contribution < 1.29 is 5.11 Å². The van der Waals surface area contributed by atoms with Gasteiger partial charge in [0, 0.05) is 11.1 Å². The van der Waals surface area contributed by atoms with E-state index >= 15 is 0 Å². The highest BCUT2D eigenvalue weighted by Crippen LogP contribution is 2.24. The van der Waals surface area contributed by atoms with Crippen molar-refractivity contribution in [2.75, 3.05) is 0 Å². The first-order chi connectivity index (χ1) is 4.90. The zero-order valence-electron chi connectivity index (χ0n) is 5.37. The summed E-state index contributed by atoms with van der Waals surface area (Å²) in [5, 5.41) is 8.76. The molecule has 1 N–H and O–H groups in total. The van der Waals surface area contributed by atoms with E-state index in [4.69, 9.17) is 5.11 Å². The Morgan fingerprint density at radius 2 is 2.60 bits per heavy atom. The second-order valence-corrected chi connectivity index (χ2v) is 3.40. The second-order valence-electron chi connectivity index (χ2n) is 2.23. The molecule has 1 aliphatic heterocycles. The van der Waals surface area contributed by atoms with Crippen molar-refractivity contribution in [1.29, 1.82) is 0 Å². The maximum Gasteiger partial charge on any atom is 0.0774 e. The molecule has 0 aliphatic carbocycles. The Hall–Kier alpha value is -0.670. The van der Waals surface area contributed by atoms with Crippen LogP contribution in [0.5, 0.6) is 0 Å². The van der Waals surface area contributed by atoms with Gasteiger partial charge >= 0.3 is 0 Å². The number of fused-ring (bicyclic) bond motifs is 1. The second kappa shape index (κ2) is 2.18. The van der Waals surface area contributed by atoms with E-state index in [0.717, 1.165) is 11.4 Å². The van der Waals surface area contributed by atoms with Crippen LogP contribution in [0.1, 0.15) is 15.3 Å². The Morgan fingerprint density at radius 1 is 1.70 bits per heavy atom. The van der Waals surface area contributed by atoms with Gasteiger partial charge in [0.2, 0.25) is 0 Å². The molecule has 0 fully saturated rings. The molecule has 1 aromatic heterocycles. The van der Waals surface area contributed by atoms with Crippen LogP contribution in [0.4, 0.5) is 0 Å². The summed E-state index contributed by atoms with van der Waals surface area (Å²) in [6, 6.07) is 2.02. The van der Waals surface area contributed by atoms with Gasteiger partial charge in [0.05, 0.1) is 18.0 Å². The van der Waals surface area contributed by atoms with E-state index in [-0.39, 0.29) is 6.61 Å². The highest BCUT2D eigenvalue weighted by Gasteiger charge is 2.09. The molecule has 2 rings (SSSR count). The maximum absolute atomic E-state index is 8.76. The van der Waals surface area contributed by atoms with Gasteiger partial charge in [0.15, 0.2) is 0 Å². The predicted octanol–water partition coefficient (Wildman–Crippen LogP) is 1.17. The van der Waals surface area contributed by atoms with Crippen LogP contribution in [0.15, 0.2) is 11.1 Å². The van der Waals surface area contributed by atoms with E-state index in [1.165, 1.54) is 10.4 Å². The molecule has 0 amide bonds. The first-order valence-electron chi connectivity index (χ1n) is 3.12. The smallest absolute Gasteiger partial charge is 0.0774 e. The van der Waals surface area contributed by atoms with Crippen molar-refractivity contribution >= 4 is 17.6 Å². The SMILES string of the molecule is OCc1cc2c(s1)C=NC2. The molecule has 3 heteroatoms. The number of aliphatic hydroxyl groups excluding tert-OH is 1. The van der Waals surface area contributed by atoms with Gasteiger partial charge in [-0.1, -0.05) is 0 Å². The lowest BCUT2D eigenvalue weighted by Gasteiger charge is -1.82. The van der Waals surface area contributed by atoms with Crippen LogP contribution >= 0.6 is 11.3 Å². The van der Waals surface area contributed by atoms with Crippen LogP contribution in [0, 0.1) is 0 Å². The zero-order chi connectivity index (χ0) is 6.97. The number of nitrogens with zero attached hydrogens (tertiary/aromatic N) is 1. The molecule has 2 nitrogen and oxygen atoms in total. The Bertz CT molecular complexity index is 277. The monoisotopic (exact) mass is 153 g/mol. The summed E-state index contributed by atoms with van der Waals surface area (Å²) < 4.78 is 0. The molecule has 2 heterocycles. The third kappa shape index (κ3) is 0.786. The minimum Gasteiger partial charge on any atom is -0.391 e. The first kappa shape index (κ1) is 6.07. The molecule has 52 valence electrons. The lowest BCUT2D eigenvalue weighted by atomic mass is 10.3. The standard InChI is InChI=1S/C7H7NOS/c9-4-6-1-5-2-8-3-7(5)10-6/h1,3,9H,2,4H2. The van der Waals surface area contributed by atoms with E-state index in [9.17, 15) is 0 Å². The van der Waals surface area contributed by atoms with Crippen LogP contribution in [-0.4, -0.2) is 11.3 Å².